The average molecular weight is 358 g/mol. The number of carbonyl (C=O) groups is 2. The van der Waals surface area contributed by atoms with Crippen LogP contribution in [0.15, 0.2) is 42.5 Å². The Labute approximate surface area is 152 Å². The van der Waals surface area contributed by atoms with Crippen molar-refractivity contribution in [2.24, 2.45) is 0 Å². The Hall–Kier alpha value is -3.06. The third-order valence-electron chi connectivity index (χ3n) is 3.41. The Balaban J connectivity index is 2.12. The van der Waals surface area contributed by atoms with E-state index in [4.69, 9.17) is 14.2 Å². The van der Waals surface area contributed by atoms with E-state index in [9.17, 15) is 9.59 Å². The molecule has 0 heterocycles. The zero-order valence-corrected chi connectivity index (χ0v) is 15.0. The lowest BCUT2D eigenvalue weighted by Crippen LogP contribution is -2.17. The number of ether oxygens (including phenoxy) is 3. The van der Waals surface area contributed by atoms with Crippen molar-refractivity contribution in [3.05, 3.63) is 48.0 Å². The molecule has 0 aliphatic carbocycles. The van der Waals surface area contributed by atoms with Crippen molar-refractivity contribution in [2.45, 2.75) is 6.92 Å². The minimum absolute atomic E-state index is 0.0390. The van der Waals surface area contributed by atoms with E-state index in [1.807, 2.05) is 6.92 Å². The van der Waals surface area contributed by atoms with E-state index in [1.165, 1.54) is 7.11 Å². The number of rotatable bonds is 8. The van der Waals surface area contributed by atoms with Gasteiger partial charge < -0.3 is 24.8 Å². The molecule has 0 saturated carbocycles. The van der Waals surface area contributed by atoms with Crippen molar-refractivity contribution < 1.29 is 23.8 Å². The van der Waals surface area contributed by atoms with E-state index in [1.54, 1.807) is 49.6 Å². The van der Waals surface area contributed by atoms with Gasteiger partial charge in [0, 0.05) is 24.0 Å². The maximum atomic E-state index is 12.5. The van der Waals surface area contributed by atoms with Crippen LogP contribution in [0.5, 0.6) is 11.5 Å². The molecule has 2 aromatic carbocycles. The van der Waals surface area contributed by atoms with Crippen LogP contribution in [0.2, 0.25) is 0 Å². The highest BCUT2D eigenvalue weighted by molar-refractivity contribution is 6.05. The van der Waals surface area contributed by atoms with E-state index < -0.39 is 0 Å². The first-order valence-corrected chi connectivity index (χ1v) is 8.08. The van der Waals surface area contributed by atoms with Crippen LogP contribution in [0.1, 0.15) is 17.3 Å². The van der Waals surface area contributed by atoms with E-state index >= 15 is 0 Å². The van der Waals surface area contributed by atoms with Crippen molar-refractivity contribution in [3.63, 3.8) is 0 Å². The Morgan fingerprint density at radius 1 is 0.962 bits per heavy atom. The zero-order valence-electron chi connectivity index (χ0n) is 15.0. The molecule has 0 bridgehead atoms. The Bertz CT molecular complexity index is 776. The highest BCUT2D eigenvalue weighted by atomic mass is 16.5. The van der Waals surface area contributed by atoms with Gasteiger partial charge in [-0.3, -0.25) is 9.59 Å². The molecule has 7 heteroatoms. The summed E-state index contributed by atoms with van der Waals surface area (Å²) in [6, 6.07) is 11.8. The predicted molar refractivity (Wildman–Crippen MR) is 99.1 cm³/mol. The lowest BCUT2D eigenvalue weighted by atomic mass is 10.1. The molecule has 0 aromatic heterocycles. The van der Waals surface area contributed by atoms with Gasteiger partial charge in [-0.2, -0.15) is 0 Å². The van der Waals surface area contributed by atoms with E-state index in [0.29, 0.717) is 35.0 Å². The normalized spacial score (nSPS) is 10.1. The molecule has 26 heavy (non-hydrogen) atoms. The molecular weight excluding hydrogens is 336 g/mol. The Kier molecular flexibility index (Phi) is 6.99. The maximum Gasteiger partial charge on any atom is 0.255 e. The number of benzene rings is 2. The molecule has 0 atom stereocenters. The van der Waals surface area contributed by atoms with Crippen LogP contribution in [0.3, 0.4) is 0 Å². The van der Waals surface area contributed by atoms with Crippen molar-refractivity contribution in [2.75, 3.05) is 38.1 Å². The molecule has 0 aliphatic heterocycles. The number of anilines is 2. The van der Waals surface area contributed by atoms with Crippen LogP contribution in [0, 0.1) is 0 Å². The number of hydrogen-bond donors (Lipinski definition) is 2. The number of carbonyl (C=O) groups excluding carboxylic acids is 2. The zero-order chi connectivity index (χ0) is 18.9. The van der Waals surface area contributed by atoms with Crippen molar-refractivity contribution in [1.82, 2.24) is 0 Å². The average Bonchev–Trinajstić information content (AvgIpc) is 2.62. The summed E-state index contributed by atoms with van der Waals surface area (Å²) in [6.07, 6.45) is 0. The summed E-state index contributed by atoms with van der Waals surface area (Å²) in [6.45, 7) is 2.28. The standard InChI is InChI=1S/C19H22N2O5/c1-4-26-17-10-13(8-9-16(17)25-3)19(23)21-15-7-5-6-14(11-15)20-18(22)12-24-2/h5-11H,4,12H2,1-3H3,(H,20,22)(H,21,23). The van der Waals surface area contributed by atoms with Gasteiger partial charge in [0.25, 0.3) is 5.91 Å². The summed E-state index contributed by atoms with van der Waals surface area (Å²) in [5.74, 6) is 0.496. The third kappa shape index (κ3) is 5.22. The molecule has 2 rings (SSSR count). The van der Waals surface area contributed by atoms with Gasteiger partial charge >= 0.3 is 0 Å². The molecule has 2 amide bonds. The second kappa shape index (κ2) is 9.43. The minimum atomic E-state index is -0.297. The van der Waals surface area contributed by atoms with Gasteiger partial charge in [0.05, 0.1) is 13.7 Å². The van der Waals surface area contributed by atoms with Crippen LogP contribution in [-0.4, -0.2) is 39.2 Å². The van der Waals surface area contributed by atoms with Gasteiger partial charge in [0.2, 0.25) is 5.91 Å². The van der Waals surface area contributed by atoms with E-state index in [-0.39, 0.29) is 18.4 Å². The first-order valence-electron chi connectivity index (χ1n) is 8.08. The number of hydrogen-bond acceptors (Lipinski definition) is 5. The summed E-state index contributed by atoms with van der Waals surface area (Å²) < 4.78 is 15.5. The summed E-state index contributed by atoms with van der Waals surface area (Å²) in [4.78, 5) is 24.1. The Morgan fingerprint density at radius 2 is 1.69 bits per heavy atom. The number of amides is 2. The molecule has 138 valence electrons. The Morgan fingerprint density at radius 3 is 2.35 bits per heavy atom. The van der Waals surface area contributed by atoms with Gasteiger partial charge in [-0.05, 0) is 43.3 Å². The fraction of sp³-hybridized carbons (Fsp3) is 0.263. The third-order valence-corrected chi connectivity index (χ3v) is 3.41. The van der Waals surface area contributed by atoms with Crippen LogP contribution >= 0.6 is 0 Å². The summed E-state index contributed by atoms with van der Waals surface area (Å²) in [5.41, 5.74) is 1.55. The molecule has 0 radical (unpaired) electrons. The summed E-state index contributed by atoms with van der Waals surface area (Å²) in [7, 11) is 2.99. The van der Waals surface area contributed by atoms with Gasteiger partial charge in [0.15, 0.2) is 11.5 Å². The molecule has 2 aromatic rings. The van der Waals surface area contributed by atoms with Crippen molar-refractivity contribution >= 4 is 23.2 Å². The largest absolute Gasteiger partial charge is 0.493 e. The second-order valence-corrected chi connectivity index (χ2v) is 5.31. The van der Waals surface area contributed by atoms with Gasteiger partial charge in [-0.1, -0.05) is 6.07 Å². The minimum Gasteiger partial charge on any atom is -0.493 e. The highest BCUT2D eigenvalue weighted by Gasteiger charge is 2.12. The van der Waals surface area contributed by atoms with Crippen LogP contribution < -0.4 is 20.1 Å². The summed E-state index contributed by atoms with van der Waals surface area (Å²) in [5, 5.41) is 5.48. The quantitative estimate of drug-likeness (QED) is 0.758. The molecule has 0 aliphatic rings. The van der Waals surface area contributed by atoms with Crippen LogP contribution in [-0.2, 0) is 9.53 Å². The van der Waals surface area contributed by atoms with E-state index in [2.05, 4.69) is 10.6 Å². The van der Waals surface area contributed by atoms with Crippen LogP contribution in [0.25, 0.3) is 0 Å². The number of nitrogens with one attached hydrogen (secondary N) is 2. The van der Waals surface area contributed by atoms with Gasteiger partial charge in [0.1, 0.15) is 6.61 Å². The first-order chi connectivity index (χ1) is 12.6. The lowest BCUT2D eigenvalue weighted by molar-refractivity contribution is -0.119. The molecule has 0 spiro atoms. The van der Waals surface area contributed by atoms with Crippen molar-refractivity contribution in [3.8, 4) is 11.5 Å². The first kappa shape index (κ1) is 19.3. The fourth-order valence-electron chi connectivity index (χ4n) is 2.29. The van der Waals surface area contributed by atoms with Crippen LogP contribution in [0.4, 0.5) is 11.4 Å². The molecule has 0 fully saturated rings. The lowest BCUT2D eigenvalue weighted by Gasteiger charge is -2.12. The second-order valence-electron chi connectivity index (χ2n) is 5.31. The smallest absolute Gasteiger partial charge is 0.255 e. The topological polar surface area (TPSA) is 85.9 Å². The van der Waals surface area contributed by atoms with Gasteiger partial charge in [-0.15, -0.1) is 0 Å². The predicted octanol–water partition coefficient (Wildman–Crippen LogP) is 2.93. The number of methoxy groups -OCH3 is 2. The van der Waals surface area contributed by atoms with Gasteiger partial charge in [-0.25, -0.2) is 0 Å². The summed E-state index contributed by atoms with van der Waals surface area (Å²) >= 11 is 0. The maximum absolute atomic E-state index is 12.5. The molecular formula is C19H22N2O5. The highest BCUT2D eigenvalue weighted by Crippen LogP contribution is 2.28. The monoisotopic (exact) mass is 358 g/mol. The SMILES string of the molecule is CCOc1cc(C(=O)Nc2cccc(NC(=O)COC)c2)ccc1OC. The van der Waals surface area contributed by atoms with Crippen molar-refractivity contribution in [1.29, 1.82) is 0 Å². The van der Waals surface area contributed by atoms with E-state index in [0.717, 1.165) is 0 Å². The molecule has 2 N–H and O–H groups in total. The molecule has 0 saturated heterocycles. The fourth-order valence-corrected chi connectivity index (χ4v) is 2.29. The molecule has 7 nitrogen and oxygen atoms in total. The molecule has 0 unspecified atom stereocenters.